The topological polar surface area (TPSA) is 0 Å². The van der Waals surface area contributed by atoms with Gasteiger partial charge in [-0.1, -0.05) is 19.1 Å². The van der Waals surface area contributed by atoms with Gasteiger partial charge in [-0.3, -0.25) is 0 Å². The van der Waals surface area contributed by atoms with Crippen LogP contribution in [0.4, 0.5) is 0 Å². The molecule has 1 aliphatic heterocycles. The molecule has 3 heteroatoms. The molecule has 50 valence electrons. The SMILES string of the molecule is CC/C=C/C=C1SSS1. The van der Waals surface area contributed by atoms with Gasteiger partial charge in [0.1, 0.15) is 0 Å². The van der Waals surface area contributed by atoms with E-state index in [1.807, 2.05) is 31.4 Å². The zero-order valence-electron chi connectivity index (χ0n) is 5.16. The Bertz CT molecular complexity index is 131. The van der Waals surface area contributed by atoms with E-state index < -0.39 is 0 Å². The van der Waals surface area contributed by atoms with Crippen LogP contribution in [-0.2, 0) is 0 Å². The Labute approximate surface area is 67.3 Å². The number of allylic oxidation sites excluding steroid dienone is 3. The van der Waals surface area contributed by atoms with Gasteiger partial charge < -0.3 is 0 Å². The quantitative estimate of drug-likeness (QED) is 0.587. The van der Waals surface area contributed by atoms with Crippen molar-refractivity contribution >= 4 is 31.4 Å². The number of hydrogen-bond donors (Lipinski definition) is 0. The highest BCUT2D eigenvalue weighted by molar-refractivity contribution is 9.20. The van der Waals surface area contributed by atoms with Crippen molar-refractivity contribution in [3.8, 4) is 0 Å². The van der Waals surface area contributed by atoms with E-state index in [-0.39, 0.29) is 0 Å². The van der Waals surface area contributed by atoms with Gasteiger partial charge in [0.25, 0.3) is 0 Å². The minimum atomic E-state index is 1.13. The first-order valence-corrected chi connectivity index (χ1v) is 6.30. The molecule has 0 N–H and O–H groups in total. The first-order chi connectivity index (χ1) is 4.43. The average Bonchev–Trinajstić information content (AvgIpc) is 1.76. The summed E-state index contributed by atoms with van der Waals surface area (Å²) >= 11 is 0. The van der Waals surface area contributed by atoms with Gasteiger partial charge in [-0.2, -0.15) is 0 Å². The average molecular weight is 176 g/mol. The van der Waals surface area contributed by atoms with Crippen LogP contribution in [0, 0.1) is 0 Å². The first-order valence-electron chi connectivity index (χ1n) is 2.81. The molecule has 0 aliphatic carbocycles. The molecular formula is C6H8S3. The Hall–Kier alpha value is 0.530. The van der Waals surface area contributed by atoms with Gasteiger partial charge in [-0.05, 0) is 43.9 Å². The van der Waals surface area contributed by atoms with Crippen molar-refractivity contribution in [1.82, 2.24) is 0 Å². The molecule has 0 spiro atoms. The van der Waals surface area contributed by atoms with Crippen LogP contribution in [0.3, 0.4) is 0 Å². The van der Waals surface area contributed by atoms with E-state index in [1.54, 1.807) is 0 Å². The van der Waals surface area contributed by atoms with E-state index in [2.05, 4.69) is 25.2 Å². The lowest BCUT2D eigenvalue weighted by molar-refractivity contribution is 1.22. The highest BCUT2D eigenvalue weighted by Crippen LogP contribution is 2.59. The second-order valence-corrected chi connectivity index (χ2v) is 5.80. The van der Waals surface area contributed by atoms with E-state index in [1.165, 1.54) is 4.24 Å². The van der Waals surface area contributed by atoms with Crippen LogP contribution in [0.25, 0.3) is 0 Å². The maximum atomic E-state index is 2.16. The van der Waals surface area contributed by atoms with Crippen molar-refractivity contribution in [3.63, 3.8) is 0 Å². The molecule has 1 saturated heterocycles. The molecule has 1 aliphatic rings. The Morgan fingerprint density at radius 1 is 1.44 bits per heavy atom. The Morgan fingerprint density at radius 3 is 2.67 bits per heavy atom. The summed E-state index contributed by atoms with van der Waals surface area (Å²) < 4.78 is 1.42. The third-order valence-corrected chi connectivity index (χ3v) is 5.42. The van der Waals surface area contributed by atoms with Gasteiger partial charge >= 0.3 is 0 Å². The van der Waals surface area contributed by atoms with Crippen LogP contribution in [0.1, 0.15) is 13.3 Å². The van der Waals surface area contributed by atoms with E-state index in [0.717, 1.165) is 6.42 Å². The highest BCUT2D eigenvalue weighted by atomic mass is 33.5. The first kappa shape index (κ1) is 7.63. The number of hydrogen-bond acceptors (Lipinski definition) is 3. The summed E-state index contributed by atoms with van der Waals surface area (Å²) in [5.41, 5.74) is 0. The fraction of sp³-hybridized carbons (Fsp3) is 0.333. The zero-order valence-corrected chi connectivity index (χ0v) is 7.61. The smallest absolute Gasteiger partial charge is 0.0636 e. The minimum absolute atomic E-state index is 1.13. The molecule has 1 heterocycles. The molecular weight excluding hydrogens is 168 g/mol. The molecule has 1 rings (SSSR count). The third kappa shape index (κ3) is 2.74. The van der Waals surface area contributed by atoms with Crippen molar-refractivity contribution in [2.24, 2.45) is 0 Å². The van der Waals surface area contributed by atoms with Gasteiger partial charge in [-0.25, -0.2) is 0 Å². The maximum absolute atomic E-state index is 2.16. The van der Waals surface area contributed by atoms with Crippen molar-refractivity contribution in [2.75, 3.05) is 0 Å². The number of rotatable bonds is 2. The summed E-state index contributed by atoms with van der Waals surface area (Å²) in [6.07, 6.45) is 7.58. The van der Waals surface area contributed by atoms with E-state index in [9.17, 15) is 0 Å². The van der Waals surface area contributed by atoms with E-state index in [0.29, 0.717) is 0 Å². The van der Waals surface area contributed by atoms with Crippen LogP contribution in [-0.4, -0.2) is 0 Å². The lowest BCUT2D eigenvalue weighted by atomic mass is 10.4. The summed E-state index contributed by atoms with van der Waals surface area (Å²) in [6, 6.07) is 0. The lowest BCUT2D eigenvalue weighted by Gasteiger charge is -2.10. The Kier molecular flexibility index (Phi) is 3.70. The molecule has 1 fully saturated rings. The van der Waals surface area contributed by atoms with Crippen molar-refractivity contribution in [2.45, 2.75) is 13.3 Å². The summed E-state index contributed by atoms with van der Waals surface area (Å²) in [4.78, 5) is 0. The monoisotopic (exact) mass is 176 g/mol. The van der Waals surface area contributed by atoms with Crippen LogP contribution >= 0.6 is 31.4 Å². The predicted octanol–water partition coefficient (Wildman–Crippen LogP) is 3.84. The van der Waals surface area contributed by atoms with Crippen molar-refractivity contribution in [3.05, 3.63) is 22.5 Å². The summed E-state index contributed by atoms with van der Waals surface area (Å²) in [7, 11) is 5.52. The minimum Gasteiger partial charge on any atom is -0.0848 e. The molecule has 0 aromatic rings. The summed E-state index contributed by atoms with van der Waals surface area (Å²) in [5.74, 6) is 0. The maximum Gasteiger partial charge on any atom is 0.0636 e. The molecule has 0 radical (unpaired) electrons. The summed E-state index contributed by atoms with van der Waals surface area (Å²) in [5, 5.41) is 0. The van der Waals surface area contributed by atoms with Gasteiger partial charge in [0, 0.05) is 0 Å². The van der Waals surface area contributed by atoms with Gasteiger partial charge in [0.2, 0.25) is 0 Å². The van der Waals surface area contributed by atoms with Gasteiger partial charge in [-0.15, -0.1) is 0 Å². The van der Waals surface area contributed by atoms with Crippen LogP contribution in [0.15, 0.2) is 22.5 Å². The van der Waals surface area contributed by atoms with Crippen molar-refractivity contribution < 1.29 is 0 Å². The molecule has 0 aromatic carbocycles. The Balaban J connectivity index is 2.22. The molecule has 0 aromatic heterocycles. The molecule has 0 saturated carbocycles. The largest absolute Gasteiger partial charge is 0.0848 e. The normalized spacial score (nSPS) is 18.1. The van der Waals surface area contributed by atoms with Crippen LogP contribution in [0.5, 0.6) is 0 Å². The van der Waals surface area contributed by atoms with Crippen LogP contribution in [0.2, 0.25) is 0 Å². The third-order valence-electron chi connectivity index (χ3n) is 0.836. The molecule has 0 bridgehead atoms. The summed E-state index contributed by atoms with van der Waals surface area (Å²) in [6.45, 7) is 2.14. The van der Waals surface area contributed by atoms with Gasteiger partial charge in [0.05, 0.1) is 4.24 Å². The zero-order chi connectivity index (χ0) is 6.53. The second-order valence-electron chi connectivity index (χ2n) is 1.56. The van der Waals surface area contributed by atoms with Crippen molar-refractivity contribution in [1.29, 1.82) is 0 Å². The standard InChI is InChI=1S/C6H8S3/c1-2-3-4-5-6-7-9-8-6/h3-5H,2H2,1H3/b4-3+. The predicted molar refractivity (Wildman–Crippen MR) is 50.3 cm³/mol. The molecule has 9 heavy (non-hydrogen) atoms. The lowest BCUT2D eigenvalue weighted by Crippen LogP contribution is -1.67. The fourth-order valence-electron chi connectivity index (χ4n) is 0.412. The molecule has 0 nitrogen and oxygen atoms in total. The highest BCUT2D eigenvalue weighted by Gasteiger charge is 2.09. The molecule has 0 unspecified atom stereocenters. The van der Waals surface area contributed by atoms with Gasteiger partial charge in [0.15, 0.2) is 0 Å². The second kappa shape index (κ2) is 4.36. The van der Waals surface area contributed by atoms with E-state index in [4.69, 9.17) is 0 Å². The molecule has 0 amide bonds. The Morgan fingerprint density at radius 2 is 2.22 bits per heavy atom. The molecule has 0 atom stereocenters. The van der Waals surface area contributed by atoms with Crippen LogP contribution < -0.4 is 0 Å². The van der Waals surface area contributed by atoms with E-state index >= 15 is 0 Å². The fourth-order valence-corrected chi connectivity index (χ4v) is 2.92.